The van der Waals surface area contributed by atoms with E-state index in [1.54, 1.807) is 12.1 Å². The van der Waals surface area contributed by atoms with Gasteiger partial charge in [-0.3, -0.25) is 4.99 Å². The van der Waals surface area contributed by atoms with Gasteiger partial charge in [0.1, 0.15) is 18.3 Å². The average molecular weight is 434 g/mol. The van der Waals surface area contributed by atoms with Gasteiger partial charge >= 0.3 is 5.69 Å². The second-order valence-corrected chi connectivity index (χ2v) is 5.53. The second kappa shape index (κ2) is 9.68. The SMILES string of the molecule is COC[C@H]1O[C@@H](n2c[c-]c(=Nc3[c-]cccc3)[nH]c2=O)C(OC)[C@H]1O.[Y]. The number of aromatic amines is 1. The van der Waals surface area contributed by atoms with Crippen LogP contribution >= 0.6 is 0 Å². The van der Waals surface area contributed by atoms with Crippen molar-refractivity contribution < 1.29 is 52.0 Å². The molecule has 1 aromatic carbocycles. The quantitative estimate of drug-likeness (QED) is 0.643. The van der Waals surface area contributed by atoms with E-state index in [9.17, 15) is 9.90 Å². The number of hydrogen-bond acceptors (Lipinski definition) is 6. The summed E-state index contributed by atoms with van der Waals surface area (Å²) in [5, 5.41) is 10.3. The van der Waals surface area contributed by atoms with Gasteiger partial charge < -0.3 is 34.9 Å². The predicted molar refractivity (Wildman–Crippen MR) is 87.0 cm³/mol. The summed E-state index contributed by atoms with van der Waals surface area (Å²) in [6.45, 7) is 0.191. The Labute approximate surface area is 175 Å². The smallest absolute Gasteiger partial charge is 0.324 e. The topological polar surface area (TPSA) is 98.1 Å². The minimum Gasteiger partial charge on any atom is -0.410 e. The molecule has 3 rings (SSSR count). The van der Waals surface area contributed by atoms with E-state index in [1.807, 2.05) is 12.1 Å². The van der Waals surface area contributed by atoms with Crippen molar-refractivity contribution in [3.05, 3.63) is 58.6 Å². The first kappa shape index (κ1) is 21.1. The van der Waals surface area contributed by atoms with Crippen molar-refractivity contribution in [2.45, 2.75) is 24.5 Å². The summed E-state index contributed by atoms with van der Waals surface area (Å²) in [6.07, 6.45) is -1.57. The standard InChI is InChI=1S/C17H19N3O5.Y/c1-23-10-12-14(21)15(24-2)16(25-12)20-9-8-13(19-17(20)22)18-11-6-4-3-5-7-11;/h3-6,9,12,14-16,21H,10H2,1-2H3,(H,18,19,22);/q-2;/t12-,14+,15?,16-;/m1./s1. The molecule has 1 aromatic heterocycles. The fourth-order valence-corrected chi connectivity index (χ4v) is 2.71. The molecule has 0 aliphatic carbocycles. The summed E-state index contributed by atoms with van der Waals surface area (Å²) >= 11 is 0. The summed E-state index contributed by atoms with van der Waals surface area (Å²) in [4.78, 5) is 19.3. The molecule has 137 valence electrons. The van der Waals surface area contributed by atoms with Crippen LogP contribution in [0.3, 0.4) is 0 Å². The number of hydrogen-bond donors (Lipinski definition) is 2. The Morgan fingerprint density at radius 1 is 1.38 bits per heavy atom. The van der Waals surface area contributed by atoms with E-state index >= 15 is 0 Å². The fourth-order valence-electron chi connectivity index (χ4n) is 2.71. The number of aliphatic hydroxyl groups excluding tert-OH is 1. The molecule has 26 heavy (non-hydrogen) atoms. The molecule has 1 unspecified atom stereocenters. The molecule has 9 heteroatoms. The number of aliphatic hydroxyl groups is 1. The molecule has 0 amide bonds. The van der Waals surface area contributed by atoms with Crippen molar-refractivity contribution in [2.75, 3.05) is 20.8 Å². The minimum atomic E-state index is -0.912. The van der Waals surface area contributed by atoms with E-state index in [2.05, 4.69) is 22.1 Å². The fraction of sp³-hybridized carbons (Fsp3) is 0.412. The Balaban J connectivity index is 0.00000243. The van der Waals surface area contributed by atoms with E-state index in [0.717, 1.165) is 0 Å². The van der Waals surface area contributed by atoms with E-state index in [0.29, 0.717) is 5.69 Å². The third-order valence-electron chi connectivity index (χ3n) is 3.92. The van der Waals surface area contributed by atoms with Crippen molar-refractivity contribution in [3.63, 3.8) is 0 Å². The molecule has 1 saturated heterocycles. The molecule has 0 saturated carbocycles. The first-order chi connectivity index (χ1) is 12.1. The summed E-state index contributed by atoms with van der Waals surface area (Å²) < 4.78 is 17.3. The van der Waals surface area contributed by atoms with Crippen LogP contribution in [0.15, 0.2) is 40.2 Å². The third-order valence-corrected chi connectivity index (χ3v) is 3.92. The van der Waals surface area contributed by atoms with Crippen molar-refractivity contribution in [1.29, 1.82) is 0 Å². The largest absolute Gasteiger partial charge is 0.410 e. The van der Waals surface area contributed by atoms with Crippen molar-refractivity contribution in [2.24, 2.45) is 4.99 Å². The van der Waals surface area contributed by atoms with Crippen molar-refractivity contribution >= 4 is 5.69 Å². The van der Waals surface area contributed by atoms with Crippen LogP contribution in [0.1, 0.15) is 6.23 Å². The van der Waals surface area contributed by atoms with Crippen LogP contribution in [0.5, 0.6) is 0 Å². The maximum Gasteiger partial charge on any atom is 0.324 e. The van der Waals surface area contributed by atoms with Gasteiger partial charge in [0.15, 0.2) is 6.23 Å². The second-order valence-electron chi connectivity index (χ2n) is 5.53. The Bertz CT molecular complexity index is 823. The number of nitrogens with one attached hydrogen (secondary N) is 1. The van der Waals surface area contributed by atoms with Crippen molar-refractivity contribution in [1.82, 2.24) is 9.55 Å². The first-order valence-electron chi connectivity index (χ1n) is 7.74. The molecule has 8 nitrogen and oxygen atoms in total. The maximum atomic E-state index is 12.4. The molecular formula is C17H19N3O5Y-2. The zero-order valence-corrected chi connectivity index (χ0v) is 17.3. The van der Waals surface area contributed by atoms with E-state index in [1.165, 1.54) is 25.0 Å². The number of nitrogens with zero attached hydrogens (tertiary/aromatic N) is 2. The van der Waals surface area contributed by atoms with E-state index < -0.39 is 30.2 Å². The minimum absolute atomic E-state index is 0. The van der Waals surface area contributed by atoms with Crippen LogP contribution in [-0.2, 0) is 46.9 Å². The maximum absolute atomic E-state index is 12.4. The van der Waals surface area contributed by atoms with Gasteiger partial charge in [0.2, 0.25) is 0 Å². The number of H-pyrrole nitrogens is 1. The Hall–Kier alpha value is -1.16. The monoisotopic (exact) mass is 434 g/mol. The van der Waals surface area contributed by atoms with E-state index in [4.69, 9.17) is 14.2 Å². The Morgan fingerprint density at radius 3 is 2.81 bits per heavy atom. The molecule has 2 aromatic rings. The molecule has 1 radical (unpaired) electrons. The summed E-state index contributed by atoms with van der Waals surface area (Å²) in [5.74, 6) is 0. The first-order valence-corrected chi connectivity index (χ1v) is 7.74. The number of benzene rings is 1. The summed E-state index contributed by atoms with van der Waals surface area (Å²) in [6, 6.07) is 13.0. The number of rotatable bonds is 5. The number of methoxy groups -OCH3 is 2. The molecule has 1 aliphatic rings. The molecular weight excluding hydrogens is 415 g/mol. The van der Waals surface area contributed by atoms with Gasteiger partial charge in [0.25, 0.3) is 0 Å². The zero-order valence-electron chi connectivity index (χ0n) is 14.5. The predicted octanol–water partition coefficient (Wildman–Crippen LogP) is -0.0736. The van der Waals surface area contributed by atoms with E-state index in [-0.39, 0.29) is 44.8 Å². The zero-order chi connectivity index (χ0) is 17.8. The summed E-state index contributed by atoms with van der Waals surface area (Å²) in [5.41, 5.74) is 0.394. The molecule has 4 atom stereocenters. The third kappa shape index (κ3) is 4.57. The molecule has 0 spiro atoms. The normalized spacial score (nSPS) is 25.9. The van der Waals surface area contributed by atoms with Gasteiger partial charge in [-0.15, -0.1) is 6.07 Å². The van der Waals surface area contributed by atoms with Crippen LogP contribution in [0.2, 0.25) is 0 Å². The van der Waals surface area contributed by atoms with Crippen molar-refractivity contribution in [3.8, 4) is 0 Å². The van der Waals surface area contributed by atoms with Crippen LogP contribution in [0.25, 0.3) is 0 Å². The van der Waals surface area contributed by atoms with Gasteiger partial charge in [0, 0.05) is 46.9 Å². The van der Waals surface area contributed by atoms with Crippen LogP contribution in [-0.4, -0.2) is 53.8 Å². The number of aromatic nitrogens is 2. The molecule has 1 aliphatic heterocycles. The molecule has 0 bridgehead atoms. The average Bonchev–Trinajstić information content (AvgIpc) is 2.92. The Kier molecular flexibility index (Phi) is 7.88. The van der Waals surface area contributed by atoms with Crippen LogP contribution in [0, 0.1) is 12.1 Å². The van der Waals surface area contributed by atoms with Crippen LogP contribution < -0.4 is 11.2 Å². The van der Waals surface area contributed by atoms with Crippen LogP contribution in [0.4, 0.5) is 5.69 Å². The Morgan fingerprint density at radius 2 is 2.19 bits per heavy atom. The van der Waals surface area contributed by atoms with Gasteiger partial charge in [-0.25, -0.2) is 4.79 Å². The number of para-hydroxylation sites is 1. The molecule has 2 heterocycles. The van der Waals surface area contributed by atoms with Gasteiger partial charge in [0.05, 0.1) is 6.61 Å². The molecule has 1 fully saturated rings. The van der Waals surface area contributed by atoms with Gasteiger partial charge in [-0.1, -0.05) is 5.69 Å². The number of ether oxygens (including phenoxy) is 3. The molecule has 2 N–H and O–H groups in total. The van der Waals surface area contributed by atoms with Gasteiger partial charge in [-0.2, -0.15) is 30.5 Å². The van der Waals surface area contributed by atoms with Gasteiger partial charge in [-0.05, 0) is 5.49 Å². The summed E-state index contributed by atoms with van der Waals surface area (Å²) in [7, 11) is 2.96.